The van der Waals surface area contributed by atoms with Gasteiger partial charge >= 0.3 is 6.18 Å². The first-order valence-electron chi connectivity index (χ1n) is 11.7. The van der Waals surface area contributed by atoms with Gasteiger partial charge in [0.2, 0.25) is 5.91 Å². The van der Waals surface area contributed by atoms with E-state index < -0.39 is 12.8 Å². The number of rotatable bonds is 8. The van der Waals surface area contributed by atoms with Gasteiger partial charge in [0.05, 0.1) is 31.1 Å². The number of nitrogens with one attached hydrogen (secondary N) is 1. The number of alkyl halides is 3. The molecule has 3 atom stereocenters. The lowest BCUT2D eigenvalue weighted by Gasteiger charge is -2.38. The van der Waals surface area contributed by atoms with E-state index in [2.05, 4.69) is 57.0 Å². The van der Waals surface area contributed by atoms with Gasteiger partial charge in [-0.05, 0) is 54.5 Å². The largest absolute Gasteiger partial charge is 0.483 e. The molecule has 2 aromatic heterocycles. The number of carbonyl (C=O) groups excluding carboxylic acids is 1. The minimum absolute atomic E-state index is 0.0332. The van der Waals surface area contributed by atoms with Crippen molar-refractivity contribution < 1.29 is 27.4 Å². The van der Waals surface area contributed by atoms with Gasteiger partial charge in [0, 0.05) is 29.6 Å². The Labute approximate surface area is 201 Å². The normalized spacial score (nSPS) is 21.9. The number of benzene rings is 1. The Bertz CT molecular complexity index is 1220. The van der Waals surface area contributed by atoms with Crippen molar-refractivity contribution in [3.8, 4) is 5.75 Å². The lowest BCUT2D eigenvalue weighted by Crippen LogP contribution is -2.42. The van der Waals surface area contributed by atoms with E-state index in [9.17, 15) is 18.0 Å². The fourth-order valence-electron chi connectivity index (χ4n) is 4.67. The third kappa shape index (κ3) is 5.29. The molecule has 1 aromatic carbocycles. The second kappa shape index (κ2) is 8.86. The summed E-state index contributed by atoms with van der Waals surface area (Å²) < 4.78 is 49.2. The van der Waals surface area contributed by atoms with E-state index in [0.717, 1.165) is 31.7 Å². The lowest BCUT2D eigenvalue weighted by molar-refractivity contribution is -0.153. The summed E-state index contributed by atoms with van der Waals surface area (Å²) >= 11 is 0. The topological polar surface area (TPSA) is 65.4 Å². The maximum absolute atomic E-state index is 12.9. The molecule has 1 aliphatic heterocycles. The van der Waals surface area contributed by atoms with Crippen molar-refractivity contribution in [3.05, 3.63) is 60.0 Å². The number of aromatic nitrogens is 2. The summed E-state index contributed by atoms with van der Waals surface area (Å²) in [6.45, 7) is 5.11. The SMILES string of the molecule is C[C@@H](NC(=O)[C@@H]1C[C@H]1c1ccc2ccn(CC3(C)COC3)c2c1)c1ccc(OCC(F)(F)F)cn1. The van der Waals surface area contributed by atoms with Gasteiger partial charge in [0.25, 0.3) is 0 Å². The summed E-state index contributed by atoms with van der Waals surface area (Å²) in [5.74, 6) is 0.0519. The molecule has 0 unspecified atom stereocenters. The first-order chi connectivity index (χ1) is 16.6. The number of hydrogen-bond acceptors (Lipinski definition) is 4. The molecule has 5 rings (SSSR count). The summed E-state index contributed by atoms with van der Waals surface area (Å²) in [6.07, 6.45) is -0.264. The first-order valence-corrected chi connectivity index (χ1v) is 11.7. The van der Waals surface area contributed by atoms with Crippen molar-refractivity contribution in [3.63, 3.8) is 0 Å². The molecular formula is C26H28F3N3O3. The molecule has 3 heterocycles. The van der Waals surface area contributed by atoms with Crippen LogP contribution in [0.5, 0.6) is 5.75 Å². The number of fused-ring (bicyclic) bond motifs is 1. The van der Waals surface area contributed by atoms with Crippen LogP contribution in [0.15, 0.2) is 48.8 Å². The van der Waals surface area contributed by atoms with Crippen LogP contribution >= 0.6 is 0 Å². The fourth-order valence-corrected chi connectivity index (χ4v) is 4.67. The van der Waals surface area contributed by atoms with E-state index >= 15 is 0 Å². The van der Waals surface area contributed by atoms with Crippen molar-refractivity contribution >= 4 is 16.8 Å². The summed E-state index contributed by atoms with van der Waals surface area (Å²) in [7, 11) is 0. The Morgan fingerprint density at radius 1 is 1.29 bits per heavy atom. The van der Waals surface area contributed by atoms with E-state index in [0.29, 0.717) is 5.69 Å². The predicted octanol–water partition coefficient (Wildman–Crippen LogP) is 4.99. The van der Waals surface area contributed by atoms with E-state index in [4.69, 9.17) is 4.74 Å². The number of nitrogens with zero attached hydrogens (tertiary/aromatic N) is 2. The number of hydrogen-bond donors (Lipinski definition) is 1. The molecule has 0 bridgehead atoms. The zero-order valence-corrected chi connectivity index (χ0v) is 19.6. The Kier molecular flexibility index (Phi) is 5.99. The van der Waals surface area contributed by atoms with E-state index in [1.165, 1.54) is 23.2 Å². The molecular weight excluding hydrogens is 459 g/mol. The Morgan fingerprint density at radius 3 is 2.74 bits per heavy atom. The molecule has 186 valence electrons. The van der Waals surface area contributed by atoms with Gasteiger partial charge in [0.1, 0.15) is 5.75 Å². The average molecular weight is 488 g/mol. The van der Waals surface area contributed by atoms with Gasteiger partial charge in [-0.25, -0.2) is 0 Å². The standard InChI is InChI=1S/C26H28F3N3O3/c1-16(22-6-5-19(11-30-22)35-15-26(27,28)29)31-24(33)21-10-20(21)18-4-3-17-7-8-32(23(17)9-18)12-25(2)13-34-14-25/h3-9,11,16,20-21H,10,12-15H2,1-2H3,(H,31,33)/t16-,20+,21-/m1/s1. The van der Waals surface area contributed by atoms with Gasteiger partial charge in [-0.3, -0.25) is 9.78 Å². The summed E-state index contributed by atoms with van der Waals surface area (Å²) in [6, 6.07) is 11.2. The summed E-state index contributed by atoms with van der Waals surface area (Å²) in [4.78, 5) is 17.0. The maximum Gasteiger partial charge on any atom is 0.422 e. The second-order valence-corrected chi connectivity index (χ2v) is 10.1. The van der Waals surface area contributed by atoms with Gasteiger partial charge in [0.15, 0.2) is 6.61 Å². The highest BCUT2D eigenvalue weighted by molar-refractivity contribution is 5.85. The third-order valence-electron chi connectivity index (χ3n) is 6.77. The van der Waals surface area contributed by atoms with Crippen molar-refractivity contribution in [2.24, 2.45) is 11.3 Å². The minimum atomic E-state index is -4.40. The minimum Gasteiger partial charge on any atom is -0.483 e. The summed E-state index contributed by atoms with van der Waals surface area (Å²) in [5, 5.41) is 4.16. The monoisotopic (exact) mass is 487 g/mol. The molecule has 9 heteroatoms. The number of amides is 1. The van der Waals surface area contributed by atoms with Crippen molar-refractivity contribution in [1.82, 2.24) is 14.9 Å². The van der Waals surface area contributed by atoms with Gasteiger partial charge in [-0.2, -0.15) is 13.2 Å². The molecule has 2 aliphatic rings. The molecule has 1 saturated heterocycles. The van der Waals surface area contributed by atoms with E-state index in [1.807, 2.05) is 0 Å². The van der Waals surface area contributed by atoms with Crippen LogP contribution in [0.1, 0.15) is 43.5 Å². The second-order valence-electron chi connectivity index (χ2n) is 10.1. The number of halogens is 3. The highest BCUT2D eigenvalue weighted by Gasteiger charge is 2.44. The van der Waals surface area contributed by atoms with Crippen molar-refractivity contribution in [2.75, 3.05) is 19.8 Å². The first kappa shape index (κ1) is 23.7. The Balaban J connectivity index is 1.19. The molecule has 1 N–H and O–H groups in total. The van der Waals surface area contributed by atoms with Gasteiger partial charge in [-0.1, -0.05) is 19.1 Å². The average Bonchev–Trinajstić information content (AvgIpc) is 3.52. The molecule has 2 fully saturated rings. The highest BCUT2D eigenvalue weighted by Crippen LogP contribution is 2.48. The molecule has 0 spiro atoms. The summed E-state index contributed by atoms with van der Waals surface area (Å²) in [5.41, 5.74) is 3.05. The van der Waals surface area contributed by atoms with Crippen LogP contribution in [0, 0.1) is 11.3 Å². The predicted molar refractivity (Wildman–Crippen MR) is 124 cm³/mol. The number of carbonyl (C=O) groups is 1. The zero-order valence-electron chi connectivity index (χ0n) is 19.6. The van der Waals surface area contributed by atoms with Gasteiger partial charge < -0.3 is 19.4 Å². The van der Waals surface area contributed by atoms with Crippen molar-refractivity contribution in [2.45, 2.75) is 44.9 Å². The van der Waals surface area contributed by atoms with Crippen molar-refractivity contribution in [1.29, 1.82) is 0 Å². The molecule has 1 amide bonds. The molecule has 35 heavy (non-hydrogen) atoms. The van der Waals surface area contributed by atoms with Crippen LogP contribution < -0.4 is 10.1 Å². The molecule has 6 nitrogen and oxygen atoms in total. The van der Waals surface area contributed by atoms with Crippen LogP contribution in [0.3, 0.4) is 0 Å². The molecule has 3 aromatic rings. The number of ether oxygens (including phenoxy) is 2. The quantitative estimate of drug-likeness (QED) is 0.486. The molecule has 1 saturated carbocycles. The smallest absolute Gasteiger partial charge is 0.422 e. The Hall–Kier alpha value is -3.07. The van der Waals surface area contributed by atoms with E-state index in [-0.39, 0.29) is 34.9 Å². The Morgan fingerprint density at radius 2 is 2.09 bits per heavy atom. The van der Waals surface area contributed by atoms with Crippen LogP contribution in [0.2, 0.25) is 0 Å². The number of pyridine rings is 1. The van der Waals surface area contributed by atoms with E-state index in [1.54, 1.807) is 13.0 Å². The van der Waals surface area contributed by atoms with Gasteiger partial charge in [-0.15, -0.1) is 0 Å². The highest BCUT2D eigenvalue weighted by atomic mass is 19.4. The maximum atomic E-state index is 12.9. The van der Waals surface area contributed by atoms with Crippen LogP contribution in [-0.4, -0.2) is 41.5 Å². The zero-order chi connectivity index (χ0) is 24.8. The lowest BCUT2D eigenvalue weighted by atomic mass is 9.88. The van der Waals surface area contributed by atoms with Crippen LogP contribution in [0.25, 0.3) is 10.9 Å². The molecule has 1 aliphatic carbocycles. The van der Waals surface area contributed by atoms with Crippen LogP contribution in [-0.2, 0) is 16.1 Å². The molecule has 0 radical (unpaired) electrons. The fraction of sp³-hybridized carbons (Fsp3) is 0.462. The third-order valence-corrected chi connectivity index (χ3v) is 6.77. The van der Waals surface area contributed by atoms with Crippen LogP contribution in [0.4, 0.5) is 13.2 Å².